The van der Waals surface area contributed by atoms with E-state index in [0.29, 0.717) is 5.69 Å². The smallest absolute Gasteiger partial charge is 0.178 e. The Balaban J connectivity index is 3.13. The Morgan fingerprint density at radius 3 is 2.54 bits per heavy atom. The Bertz CT molecular complexity index is 326. The predicted molar refractivity (Wildman–Crippen MR) is 51.5 cm³/mol. The second-order valence-electron chi connectivity index (χ2n) is 3.69. The van der Waals surface area contributed by atoms with Gasteiger partial charge in [0.15, 0.2) is 5.78 Å². The SMILES string of the molecule is CC(=O)c1cccc(C(C)(C)N)n1. The zero-order valence-electron chi connectivity index (χ0n) is 8.16. The summed E-state index contributed by atoms with van der Waals surface area (Å²) in [7, 11) is 0. The van der Waals surface area contributed by atoms with Crippen LogP contribution in [0.15, 0.2) is 18.2 Å². The third kappa shape index (κ3) is 2.36. The molecule has 1 aromatic heterocycles. The van der Waals surface area contributed by atoms with Gasteiger partial charge in [-0.15, -0.1) is 0 Å². The van der Waals surface area contributed by atoms with Crippen LogP contribution in [0.2, 0.25) is 0 Å². The molecule has 2 N–H and O–H groups in total. The molecule has 0 spiro atoms. The summed E-state index contributed by atoms with van der Waals surface area (Å²) in [5.74, 6) is -0.0360. The molecule has 70 valence electrons. The Morgan fingerprint density at radius 1 is 1.46 bits per heavy atom. The molecule has 0 unspecified atom stereocenters. The zero-order valence-corrected chi connectivity index (χ0v) is 8.16. The van der Waals surface area contributed by atoms with Gasteiger partial charge >= 0.3 is 0 Å². The molecule has 0 aliphatic heterocycles. The number of rotatable bonds is 2. The Labute approximate surface area is 78.0 Å². The quantitative estimate of drug-likeness (QED) is 0.698. The summed E-state index contributed by atoms with van der Waals surface area (Å²) in [4.78, 5) is 15.2. The molecule has 0 atom stereocenters. The van der Waals surface area contributed by atoms with E-state index in [1.165, 1.54) is 6.92 Å². The van der Waals surface area contributed by atoms with E-state index in [0.717, 1.165) is 5.69 Å². The van der Waals surface area contributed by atoms with Gasteiger partial charge in [-0.1, -0.05) is 6.07 Å². The molecule has 0 aliphatic rings. The first-order chi connectivity index (χ1) is 5.91. The lowest BCUT2D eigenvalue weighted by molar-refractivity contribution is 0.101. The van der Waals surface area contributed by atoms with Crippen LogP contribution in [-0.2, 0) is 5.54 Å². The van der Waals surface area contributed by atoms with Gasteiger partial charge in [-0.3, -0.25) is 4.79 Å². The molecular weight excluding hydrogens is 164 g/mol. The van der Waals surface area contributed by atoms with Crippen molar-refractivity contribution < 1.29 is 4.79 Å². The van der Waals surface area contributed by atoms with Crippen molar-refractivity contribution in [2.45, 2.75) is 26.3 Å². The molecular formula is C10H14N2O. The first-order valence-electron chi connectivity index (χ1n) is 4.18. The second-order valence-corrected chi connectivity index (χ2v) is 3.69. The lowest BCUT2D eigenvalue weighted by atomic mass is 10.0. The van der Waals surface area contributed by atoms with Crippen LogP contribution in [0.25, 0.3) is 0 Å². The zero-order chi connectivity index (χ0) is 10.1. The molecule has 0 fully saturated rings. The van der Waals surface area contributed by atoms with Crippen LogP contribution in [0.4, 0.5) is 0 Å². The molecule has 0 saturated heterocycles. The Kier molecular flexibility index (Phi) is 2.48. The summed E-state index contributed by atoms with van der Waals surface area (Å²) >= 11 is 0. The van der Waals surface area contributed by atoms with Crippen LogP contribution in [0.1, 0.15) is 37.0 Å². The van der Waals surface area contributed by atoms with Crippen molar-refractivity contribution in [2.75, 3.05) is 0 Å². The van der Waals surface area contributed by atoms with Crippen LogP contribution < -0.4 is 5.73 Å². The lowest BCUT2D eigenvalue weighted by Crippen LogP contribution is -2.30. The van der Waals surface area contributed by atoms with E-state index in [1.54, 1.807) is 12.1 Å². The van der Waals surface area contributed by atoms with Gasteiger partial charge in [-0.25, -0.2) is 4.98 Å². The highest BCUT2D eigenvalue weighted by atomic mass is 16.1. The molecule has 1 aromatic rings. The molecule has 0 radical (unpaired) electrons. The molecule has 0 aromatic carbocycles. The van der Waals surface area contributed by atoms with Crippen LogP contribution in [-0.4, -0.2) is 10.8 Å². The molecule has 13 heavy (non-hydrogen) atoms. The van der Waals surface area contributed by atoms with Crippen molar-refractivity contribution in [3.8, 4) is 0 Å². The van der Waals surface area contributed by atoms with Crippen LogP contribution in [0, 0.1) is 0 Å². The number of carbonyl (C=O) groups is 1. The van der Waals surface area contributed by atoms with Gasteiger partial charge in [0.25, 0.3) is 0 Å². The molecule has 0 aliphatic carbocycles. The third-order valence-corrected chi connectivity index (χ3v) is 1.77. The maximum absolute atomic E-state index is 11.0. The van der Waals surface area contributed by atoms with Gasteiger partial charge in [0, 0.05) is 6.92 Å². The van der Waals surface area contributed by atoms with E-state index in [2.05, 4.69) is 4.98 Å². The van der Waals surface area contributed by atoms with Gasteiger partial charge in [-0.05, 0) is 26.0 Å². The Hall–Kier alpha value is -1.22. The molecule has 0 saturated carbocycles. The van der Waals surface area contributed by atoms with Crippen molar-refractivity contribution in [1.29, 1.82) is 0 Å². The number of carbonyl (C=O) groups excluding carboxylic acids is 1. The van der Waals surface area contributed by atoms with E-state index >= 15 is 0 Å². The first kappa shape index (κ1) is 9.86. The first-order valence-corrected chi connectivity index (χ1v) is 4.18. The summed E-state index contributed by atoms with van der Waals surface area (Å²) in [6.07, 6.45) is 0. The van der Waals surface area contributed by atoms with Crippen LogP contribution >= 0.6 is 0 Å². The summed E-state index contributed by atoms with van der Waals surface area (Å²) in [5, 5.41) is 0. The molecule has 1 heterocycles. The molecule has 0 bridgehead atoms. The number of hydrogen-bond acceptors (Lipinski definition) is 3. The van der Waals surface area contributed by atoms with E-state index in [-0.39, 0.29) is 5.78 Å². The highest BCUT2D eigenvalue weighted by Crippen LogP contribution is 2.14. The van der Waals surface area contributed by atoms with Crippen molar-refractivity contribution in [3.63, 3.8) is 0 Å². The van der Waals surface area contributed by atoms with Gasteiger partial charge in [0.2, 0.25) is 0 Å². The van der Waals surface area contributed by atoms with E-state index in [4.69, 9.17) is 5.73 Å². The highest BCUT2D eigenvalue weighted by molar-refractivity contribution is 5.92. The van der Waals surface area contributed by atoms with Gasteiger partial charge < -0.3 is 5.73 Å². The number of aromatic nitrogens is 1. The largest absolute Gasteiger partial charge is 0.321 e. The van der Waals surface area contributed by atoms with Crippen LogP contribution in [0.5, 0.6) is 0 Å². The monoisotopic (exact) mass is 178 g/mol. The van der Waals surface area contributed by atoms with Gasteiger partial charge in [0.1, 0.15) is 5.69 Å². The average molecular weight is 178 g/mol. The fourth-order valence-corrected chi connectivity index (χ4v) is 0.990. The number of nitrogens with zero attached hydrogens (tertiary/aromatic N) is 1. The van der Waals surface area contributed by atoms with Crippen molar-refractivity contribution in [1.82, 2.24) is 4.98 Å². The third-order valence-electron chi connectivity index (χ3n) is 1.77. The minimum Gasteiger partial charge on any atom is -0.321 e. The number of Topliss-reactive ketones (excluding diaryl/α,β-unsaturated/α-hetero) is 1. The van der Waals surface area contributed by atoms with Gasteiger partial charge in [0.05, 0.1) is 11.2 Å². The molecule has 1 rings (SSSR count). The number of hydrogen-bond donors (Lipinski definition) is 1. The lowest BCUT2D eigenvalue weighted by Gasteiger charge is -2.17. The fourth-order valence-electron chi connectivity index (χ4n) is 0.990. The highest BCUT2D eigenvalue weighted by Gasteiger charge is 2.16. The van der Waals surface area contributed by atoms with Crippen molar-refractivity contribution in [2.24, 2.45) is 5.73 Å². The molecule has 3 nitrogen and oxygen atoms in total. The van der Waals surface area contributed by atoms with Crippen molar-refractivity contribution in [3.05, 3.63) is 29.6 Å². The minimum absolute atomic E-state index is 0.0360. The van der Waals surface area contributed by atoms with Gasteiger partial charge in [-0.2, -0.15) is 0 Å². The summed E-state index contributed by atoms with van der Waals surface area (Å²) in [6.45, 7) is 5.22. The van der Waals surface area contributed by atoms with Crippen molar-refractivity contribution >= 4 is 5.78 Å². The van der Waals surface area contributed by atoms with E-state index < -0.39 is 5.54 Å². The predicted octanol–water partition coefficient (Wildman–Crippen LogP) is 1.48. The normalized spacial score (nSPS) is 11.4. The number of nitrogens with two attached hydrogens (primary N) is 1. The summed E-state index contributed by atoms with van der Waals surface area (Å²) in [5.41, 5.74) is 6.56. The summed E-state index contributed by atoms with van der Waals surface area (Å²) < 4.78 is 0. The standard InChI is InChI=1S/C10H14N2O/c1-7(13)8-5-4-6-9(12-8)10(2,3)11/h4-6H,11H2,1-3H3. The fraction of sp³-hybridized carbons (Fsp3) is 0.400. The molecule has 0 amide bonds. The van der Waals surface area contributed by atoms with E-state index in [9.17, 15) is 4.79 Å². The van der Waals surface area contributed by atoms with E-state index in [1.807, 2.05) is 19.9 Å². The maximum Gasteiger partial charge on any atom is 0.178 e. The Morgan fingerprint density at radius 2 is 2.08 bits per heavy atom. The maximum atomic E-state index is 11.0. The topological polar surface area (TPSA) is 56.0 Å². The van der Waals surface area contributed by atoms with Crippen LogP contribution in [0.3, 0.4) is 0 Å². The summed E-state index contributed by atoms with van der Waals surface area (Å²) in [6, 6.07) is 5.32. The second kappa shape index (κ2) is 3.26. The number of ketones is 1. The number of pyridine rings is 1. The minimum atomic E-state index is -0.495. The average Bonchev–Trinajstić information content (AvgIpc) is 2.03. The molecule has 3 heteroatoms.